The molecule has 0 amide bonds. The molecule has 3 heterocycles. The number of ketones is 1. The van der Waals surface area contributed by atoms with Gasteiger partial charge in [0.2, 0.25) is 6.79 Å². The van der Waals surface area contributed by atoms with Crippen molar-refractivity contribution in [2.24, 2.45) is 11.8 Å². The summed E-state index contributed by atoms with van der Waals surface area (Å²) in [5, 5.41) is 0. The van der Waals surface area contributed by atoms with Gasteiger partial charge in [0.1, 0.15) is 5.78 Å². The number of nitrogens with zero attached hydrogens (tertiary/aromatic N) is 2. The minimum Gasteiger partial charge on any atom is -0.454 e. The number of hydrogen-bond acceptors (Lipinski definition) is 7. The lowest BCUT2D eigenvalue weighted by Crippen LogP contribution is -2.47. The molecule has 0 spiro atoms. The number of Topliss-reactive ketones (excluding diaryl/α,β-unsaturated/α-hetero) is 1. The van der Waals surface area contributed by atoms with Gasteiger partial charge < -0.3 is 23.8 Å². The lowest BCUT2D eigenvalue weighted by atomic mass is 9.78. The van der Waals surface area contributed by atoms with E-state index in [9.17, 15) is 4.79 Å². The smallest absolute Gasteiger partial charge is 0.231 e. The third-order valence-corrected chi connectivity index (χ3v) is 7.77. The molecule has 1 atom stereocenters. The van der Waals surface area contributed by atoms with Crippen molar-refractivity contribution in [2.45, 2.75) is 51.0 Å². The van der Waals surface area contributed by atoms with Gasteiger partial charge in [0.25, 0.3) is 0 Å². The van der Waals surface area contributed by atoms with Crippen molar-refractivity contribution in [3.05, 3.63) is 18.2 Å². The second-order valence-electron chi connectivity index (χ2n) is 10.0. The Morgan fingerprint density at radius 2 is 1.76 bits per heavy atom. The van der Waals surface area contributed by atoms with Crippen LogP contribution in [0.3, 0.4) is 0 Å². The minimum absolute atomic E-state index is 0.0216. The van der Waals surface area contributed by atoms with E-state index in [1.54, 1.807) is 0 Å². The van der Waals surface area contributed by atoms with Crippen LogP contribution < -0.4 is 14.4 Å². The van der Waals surface area contributed by atoms with Gasteiger partial charge in [-0.1, -0.05) is 18.9 Å². The zero-order chi connectivity index (χ0) is 22.5. The van der Waals surface area contributed by atoms with Crippen LogP contribution in [-0.4, -0.2) is 76.1 Å². The fourth-order valence-corrected chi connectivity index (χ4v) is 5.78. The normalized spacial score (nSPS) is 28.1. The lowest BCUT2D eigenvalue weighted by Gasteiger charge is -2.37. The van der Waals surface area contributed by atoms with Gasteiger partial charge in [-0.2, -0.15) is 0 Å². The first-order valence-electron chi connectivity index (χ1n) is 12.8. The van der Waals surface area contributed by atoms with Crippen molar-refractivity contribution in [1.29, 1.82) is 0 Å². The highest BCUT2D eigenvalue weighted by Gasteiger charge is 2.27. The van der Waals surface area contributed by atoms with Crippen molar-refractivity contribution in [3.63, 3.8) is 0 Å². The molecule has 182 valence electrons. The van der Waals surface area contributed by atoms with Crippen LogP contribution in [0.2, 0.25) is 0 Å². The summed E-state index contributed by atoms with van der Waals surface area (Å²) < 4.78 is 22.3. The molecule has 0 aromatic heterocycles. The summed E-state index contributed by atoms with van der Waals surface area (Å²) >= 11 is 0. The summed E-state index contributed by atoms with van der Waals surface area (Å²) in [7, 11) is 0. The summed E-state index contributed by atoms with van der Waals surface area (Å²) in [6.45, 7) is 7.62. The summed E-state index contributed by atoms with van der Waals surface area (Å²) in [6, 6.07) is 6.17. The maximum atomic E-state index is 12.4. The highest BCUT2D eigenvalue weighted by molar-refractivity contribution is 5.79. The Morgan fingerprint density at radius 1 is 0.939 bits per heavy atom. The van der Waals surface area contributed by atoms with E-state index in [0.29, 0.717) is 44.7 Å². The van der Waals surface area contributed by atoms with Gasteiger partial charge >= 0.3 is 0 Å². The van der Waals surface area contributed by atoms with E-state index in [4.69, 9.17) is 18.9 Å². The van der Waals surface area contributed by atoms with Crippen molar-refractivity contribution in [2.75, 3.05) is 64.2 Å². The monoisotopic (exact) mass is 458 g/mol. The van der Waals surface area contributed by atoms with Crippen LogP contribution in [0.1, 0.15) is 44.9 Å². The molecule has 0 unspecified atom stereocenters. The number of piperazine rings is 1. The summed E-state index contributed by atoms with van der Waals surface area (Å²) in [5.74, 6) is 3.50. The fourth-order valence-electron chi connectivity index (χ4n) is 5.78. The Labute approximate surface area is 197 Å². The molecule has 33 heavy (non-hydrogen) atoms. The molecule has 3 fully saturated rings. The molecule has 1 aliphatic carbocycles. The van der Waals surface area contributed by atoms with Crippen LogP contribution in [0.25, 0.3) is 0 Å². The fraction of sp³-hybridized carbons (Fsp3) is 0.731. The molecule has 0 radical (unpaired) electrons. The minimum atomic E-state index is -0.0216. The van der Waals surface area contributed by atoms with E-state index in [1.807, 2.05) is 6.07 Å². The number of anilines is 1. The number of carbonyl (C=O) groups is 1. The standard InChI is InChI=1S/C26H38N2O5/c29-22(17-23-18-30-14-15-31-23)16-21-6-4-20(5-7-21)8-9-27-10-12-28(13-11-27)24-2-1-3-25-26(24)33-19-32-25/h1-3,20-21,23H,4-19H2/t20?,21?,23-/m0/s1. The molecule has 1 aromatic carbocycles. The largest absolute Gasteiger partial charge is 0.454 e. The lowest BCUT2D eigenvalue weighted by molar-refractivity contribution is -0.130. The Bertz CT molecular complexity index is 781. The topological polar surface area (TPSA) is 60.5 Å². The van der Waals surface area contributed by atoms with Crippen molar-refractivity contribution < 1.29 is 23.7 Å². The molecule has 1 saturated carbocycles. The summed E-state index contributed by atoms with van der Waals surface area (Å²) in [4.78, 5) is 17.5. The number of benzene rings is 1. The van der Waals surface area contributed by atoms with Gasteiger partial charge in [-0.3, -0.25) is 9.69 Å². The van der Waals surface area contributed by atoms with Crippen LogP contribution >= 0.6 is 0 Å². The Hall–Kier alpha value is -1.83. The number of fused-ring (bicyclic) bond motifs is 1. The predicted molar refractivity (Wildman–Crippen MR) is 126 cm³/mol. The zero-order valence-electron chi connectivity index (χ0n) is 19.7. The van der Waals surface area contributed by atoms with Crippen LogP contribution in [-0.2, 0) is 14.3 Å². The van der Waals surface area contributed by atoms with Gasteiger partial charge in [-0.05, 0) is 49.8 Å². The second-order valence-corrected chi connectivity index (χ2v) is 10.0. The van der Waals surface area contributed by atoms with Crippen LogP contribution in [0, 0.1) is 11.8 Å². The van der Waals surface area contributed by atoms with Crippen LogP contribution in [0.5, 0.6) is 11.5 Å². The quantitative estimate of drug-likeness (QED) is 0.591. The number of ether oxygens (including phenoxy) is 4. The Balaban J connectivity index is 0.980. The molecule has 4 aliphatic rings. The Morgan fingerprint density at radius 3 is 2.55 bits per heavy atom. The SMILES string of the molecule is O=C(CC1CCC(CCN2CCN(c3cccc4c3OCO4)CC2)CC1)C[C@H]1COCCO1. The van der Waals surface area contributed by atoms with Gasteiger partial charge in [0.15, 0.2) is 11.5 Å². The van der Waals surface area contributed by atoms with Crippen LogP contribution in [0.15, 0.2) is 18.2 Å². The molecule has 0 bridgehead atoms. The maximum Gasteiger partial charge on any atom is 0.231 e. The van der Waals surface area contributed by atoms with Crippen LogP contribution in [0.4, 0.5) is 5.69 Å². The van der Waals surface area contributed by atoms with E-state index in [-0.39, 0.29) is 6.10 Å². The van der Waals surface area contributed by atoms with Gasteiger partial charge in [-0.25, -0.2) is 0 Å². The molecule has 2 saturated heterocycles. The number of para-hydroxylation sites is 1. The average molecular weight is 459 g/mol. The maximum absolute atomic E-state index is 12.4. The molecule has 7 heteroatoms. The third-order valence-electron chi connectivity index (χ3n) is 7.77. The summed E-state index contributed by atoms with van der Waals surface area (Å²) in [5.41, 5.74) is 1.17. The molecular weight excluding hydrogens is 420 g/mol. The molecule has 0 N–H and O–H groups in total. The second kappa shape index (κ2) is 11.1. The third kappa shape index (κ3) is 6.00. The van der Waals surface area contributed by atoms with Gasteiger partial charge in [0.05, 0.1) is 31.6 Å². The van der Waals surface area contributed by atoms with E-state index < -0.39 is 0 Å². The average Bonchev–Trinajstić information content (AvgIpc) is 3.34. The van der Waals surface area contributed by atoms with Gasteiger partial charge in [0, 0.05) is 39.0 Å². The molecular formula is C26H38N2O5. The zero-order valence-corrected chi connectivity index (χ0v) is 19.7. The first-order valence-corrected chi connectivity index (χ1v) is 12.8. The summed E-state index contributed by atoms with van der Waals surface area (Å²) in [6.07, 6.45) is 7.46. The first-order chi connectivity index (χ1) is 16.2. The van der Waals surface area contributed by atoms with E-state index in [1.165, 1.54) is 44.3 Å². The number of hydrogen-bond donors (Lipinski definition) is 0. The molecule has 7 nitrogen and oxygen atoms in total. The van der Waals surface area contributed by atoms with E-state index in [2.05, 4.69) is 21.9 Å². The van der Waals surface area contributed by atoms with Crippen molar-refractivity contribution in [3.8, 4) is 11.5 Å². The highest BCUT2D eigenvalue weighted by atomic mass is 16.7. The van der Waals surface area contributed by atoms with Crippen molar-refractivity contribution >= 4 is 11.5 Å². The predicted octanol–water partition coefficient (Wildman–Crippen LogP) is 3.50. The molecule has 5 rings (SSSR count). The number of rotatable bonds is 8. The molecule has 3 aliphatic heterocycles. The van der Waals surface area contributed by atoms with E-state index >= 15 is 0 Å². The molecule has 1 aromatic rings. The van der Waals surface area contributed by atoms with Gasteiger partial charge in [-0.15, -0.1) is 0 Å². The number of carbonyl (C=O) groups excluding carboxylic acids is 1. The first kappa shape index (κ1) is 22.9. The van der Waals surface area contributed by atoms with Crippen molar-refractivity contribution in [1.82, 2.24) is 4.90 Å². The highest BCUT2D eigenvalue weighted by Crippen LogP contribution is 2.41. The Kier molecular flexibility index (Phi) is 7.69. The van der Waals surface area contributed by atoms with E-state index in [0.717, 1.165) is 50.0 Å².